The molecule has 0 saturated carbocycles. The summed E-state index contributed by atoms with van der Waals surface area (Å²) >= 11 is 0. The zero-order valence-electron chi connectivity index (χ0n) is 10.5. The van der Waals surface area contributed by atoms with E-state index < -0.39 is 21.1 Å². The minimum Gasteiger partial charge on any atom is -0.465 e. The van der Waals surface area contributed by atoms with Crippen LogP contribution in [0.4, 0.5) is 0 Å². The molecule has 17 heavy (non-hydrogen) atoms. The van der Waals surface area contributed by atoms with Gasteiger partial charge in [-0.2, -0.15) is 0 Å². The molecule has 98 valence electrons. The molecule has 0 aromatic carbocycles. The van der Waals surface area contributed by atoms with E-state index in [0.717, 1.165) is 6.26 Å². The maximum Gasteiger partial charge on any atom is 0.324 e. The van der Waals surface area contributed by atoms with E-state index in [1.54, 1.807) is 13.8 Å². The molecule has 0 fully saturated rings. The van der Waals surface area contributed by atoms with Crippen LogP contribution in [-0.2, 0) is 24.2 Å². The number of hydrogen-bond acceptors (Lipinski definition) is 5. The first-order valence-corrected chi connectivity index (χ1v) is 7.17. The lowest BCUT2D eigenvalue weighted by atomic mass is 10.1. The van der Waals surface area contributed by atoms with Gasteiger partial charge in [0.2, 0.25) is 0 Å². The first-order chi connectivity index (χ1) is 7.68. The number of ether oxygens (including phenoxy) is 1. The van der Waals surface area contributed by atoms with Crippen molar-refractivity contribution in [3.8, 4) is 0 Å². The summed E-state index contributed by atoms with van der Waals surface area (Å²) in [5.74, 6) is -0.954. The van der Waals surface area contributed by atoms with Crippen molar-refractivity contribution in [1.82, 2.24) is 0 Å². The van der Waals surface area contributed by atoms with Gasteiger partial charge in [0.25, 0.3) is 0 Å². The smallest absolute Gasteiger partial charge is 0.324 e. The predicted molar refractivity (Wildman–Crippen MR) is 64.3 cm³/mol. The summed E-state index contributed by atoms with van der Waals surface area (Å²) in [4.78, 5) is 22.3. The number of allylic oxidation sites excluding steroid dienone is 2. The van der Waals surface area contributed by atoms with E-state index in [4.69, 9.17) is 4.74 Å². The molecular formula is C11H18O5S. The molecular weight excluding hydrogens is 244 g/mol. The van der Waals surface area contributed by atoms with Crippen LogP contribution in [0.2, 0.25) is 0 Å². The normalized spacial score (nSPS) is 14.2. The lowest BCUT2D eigenvalue weighted by molar-refractivity contribution is -0.142. The molecule has 0 amide bonds. The number of carbonyl (C=O) groups excluding carboxylic acids is 2. The Bertz CT molecular complexity index is 419. The van der Waals surface area contributed by atoms with Crippen molar-refractivity contribution in [3.05, 3.63) is 11.6 Å². The van der Waals surface area contributed by atoms with E-state index in [1.165, 1.54) is 13.0 Å². The summed E-state index contributed by atoms with van der Waals surface area (Å²) in [6.45, 7) is 4.71. The molecule has 0 aliphatic carbocycles. The van der Waals surface area contributed by atoms with Crippen LogP contribution in [0, 0.1) is 0 Å². The van der Waals surface area contributed by atoms with Crippen molar-refractivity contribution in [2.45, 2.75) is 32.4 Å². The molecule has 0 rings (SSSR count). The molecule has 0 spiro atoms. The Balaban J connectivity index is 4.98. The lowest BCUT2D eigenvalue weighted by Crippen LogP contribution is -2.31. The Hall–Kier alpha value is -1.17. The van der Waals surface area contributed by atoms with Gasteiger partial charge in [-0.3, -0.25) is 9.59 Å². The second-order valence-electron chi connectivity index (χ2n) is 3.88. The third-order valence-electron chi connectivity index (χ3n) is 2.02. The number of carbonyl (C=O) groups is 2. The van der Waals surface area contributed by atoms with Gasteiger partial charge in [-0.1, -0.05) is 5.57 Å². The van der Waals surface area contributed by atoms with Gasteiger partial charge >= 0.3 is 5.97 Å². The topological polar surface area (TPSA) is 77.5 Å². The van der Waals surface area contributed by atoms with E-state index >= 15 is 0 Å². The molecule has 0 saturated heterocycles. The highest BCUT2D eigenvalue weighted by atomic mass is 32.2. The molecule has 0 aromatic rings. The second-order valence-corrected chi connectivity index (χ2v) is 6.10. The molecule has 5 nitrogen and oxygen atoms in total. The van der Waals surface area contributed by atoms with E-state index in [9.17, 15) is 18.0 Å². The van der Waals surface area contributed by atoms with Gasteiger partial charge in [0, 0.05) is 6.26 Å². The quantitative estimate of drug-likeness (QED) is 0.524. The number of sulfone groups is 1. The van der Waals surface area contributed by atoms with Crippen LogP contribution in [0.3, 0.4) is 0 Å². The van der Waals surface area contributed by atoms with Crippen molar-refractivity contribution in [2.75, 3.05) is 12.9 Å². The fourth-order valence-electron chi connectivity index (χ4n) is 1.34. The van der Waals surface area contributed by atoms with Gasteiger partial charge in [-0.15, -0.1) is 0 Å². The first kappa shape index (κ1) is 15.8. The maximum atomic E-state index is 11.5. The van der Waals surface area contributed by atoms with Gasteiger partial charge in [-0.05, 0) is 33.3 Å². The zero-order chi connectivity index (χ0) is 13.6. The lowest BCUT2D eigenvalue weighted by Gasteiger charge is -2.13. The van der Waals surface area contributed by atoms with Gasteiger partial charge in [-0.25, -0.2) is 8.42 Å². The van der Waals surface area contributed by atoms with Crippen LogP contribution < -0.4 is 0 Å². The number of hydrogen-bond donors (Lipinski definition) is 0. The van der Waals surface area contributed by atoms with E-state index in [0.29, 0.717) is 5.57 Å². The fourth-order valence-corrected chi connectivity index (χ4v) is 2.33. The monoisotopic (exact) mass is 262 g/mol. The van der Waals surface area contributed by atoms with Crippen LogP contribution in [0.25, 0.3) is 0 Å². The first-order valence-electron chi connectivity index (χ1n) is 5.21. The average molecular weight is 262 g/mol. The Morgan fingerprint density at radius 3 is 2.18 bits per heavy atom. The molecule has 0 aliphatic rings. The van der Waals surface area contributed by atoms with Crippen molar-refractivity contribution in [3.63, 3.8) is 0 Å². The highest BCUT2D eigenvalue weighted by molar-refractivity contribution is 7.92. The predicted octanol–water partition coefficient (Wildman–Crippen LogP) is 0.888. The number of rotatable bonds is 6. The Labute approximate surface area is 102 Å². The molecule has 0 aromatic heterocycles. The van der Waals surface area contributed by atoms with Gasteiger partial charge in [0.1, 0.15) is 0 Å². The van der Waals surface area contributed by atoms with Crippen LogP contribution in [0.15, 0.2) is 11.6 Å². The number of ketones is 1. The van der Waals surface area contributed by atoms with Crippen LogP contribution in [-0.4, -0.2) is 38.3 Å². The summed E-state index contributed by atoms with van der Waals surface area (Å²) in [6, 6.07) is 0. The molecule has 0 bridgehead atoms. The van der Waals surface area contributed by atoms with Crippen molar-refractivity contribution >= 4 is 21.6 Å². The van der Waals surface area contributed by atoms with E-state index in [-0.39, 0.29) is 18.8 Å². The van der Waals surface area contributed by atoms with Crippen LogP contribution >= 0.6 is 0 Å². The van der Waals surface area contributed by atoms with Gasteiger partial charge in [0.05, 0.1) is 6.61 Å². The summed E-state index contributed by atoms with van der Waals surface area (Å²) < 4.78 is 27.6. The standard InChI is InChI=1S/C11H18O5S/c1-5-16-11(13)10(17(4,14)15)7-8(2)6-9(3)12/h6,10H,5,7H2,1-4H3/b8-6-. The second kappa shape index (κ2) is 6.54. The van der Waals surface area contributed by atoms with Gasteiger partial charge in [0.15, 0.2) is 20.9 Å². The van der Waals surface area contributed by atoms with E-state index in [2.05, 4.69) is 0 Å². The minimum atomic E-state index is -3.54. The van der Waals surface area contributed by atoms with Crippen molar-refractivity contribution in [2.24, 2.45) is 0 Å². The van der Waals surface area contributed by atoms with Crippen molar-refractivity contribution in [1.29, 1.82) is 0 Å². The molecule has 6 heteroatoms. The average Bonchev–Trinajstić information content (AvgIpc) is 2.11. The van der Waals surface area contributed by atoms with Crippen molar-refractivity contribution < 1.29 is 22.7 Å². The number of esters is 1. The highest BCUT2D eigenvalue weighted by Crippen LogP contribution is 2.14. The molecule has 1 unspecified atom stereocenters. The Morgan fingerprint density at radius 2 is 1.82 bits per heavy atom. The Morgan fingerprint density at radius 1 is 1.29 bits per heavy atom. The Kier molecular flexibility index (Phi) is 6.09. The molecule has 0 aliphatic heterocycles. The fraction of sp³-hybridized carbons (Fsp3) is 0.636. The third kappa shape index (κ3) is 6.21. The molecule has 0 N–H and O–H groups in total. The van der Waals surface area contributed by atoms with Gasteiger partial charge < -0.3 is 4.74 Å². The summed E-state index contributed by atoms with van der Waals surface area (Å²) in [5, 5.41) is -1.24. The summed E-state index contributed by atoms with van der Waals surface area (Å²) in [5.41, 5.74) is 0.543. The molecule has 1 atom stereocenters. The highest BCUT2D eigenvalue weighted by Gasteiger charge is 2.30. The zero-order valence-corrected chi connectivity index (χ0v) is 11.3. The van der Waals surface area contributed by atoms with Crippen LogP contribution in [0.1, 0.15) is 27.2 Å². The SMILES string of the molecule is CCOC(=O)C(C/C(C)=C\C(C)=O)S(C)(=O)=O. The minimum absolute atomic E-state index is 0.0166. The molecule has 0 heterocycles. The van der Waals surface area contributed by atoms with Crippen LogP contribution in [0.5, 0.6) is 0 Å². The van der Waals surface area contributed by atoms with E-state index in [1.807, 2.05) is 0 Å². The molecule has 0 radical (unpaired) electrons. The largest absolute Gasteiger partial charge is 0.465 e. The summed E-state index contributed by atoms with van der Waals surface area (Å²) in [6.07, 6.45) is 2.28. The summed E-state index contributed by atoms with van der Waals surface area (Å²) in [7, 11) is -3.54. The maximum absolute atomic E-state index is 11.5. The third-order valence-corrected chi connectivity index (χ3v) is 3.42.